The van der Waals surface area contributed by atoms with E-state index in [1.165, 1.54) is 0 Å². The molecular weight excluding hydrogens is 244 g/mol. The van der Waals surface area contributed by atoms with E-state index in [0.29, 0.717) is 30.5 Å². The van der Waals surface area contributed by atoms with Crippen molar-refractivity contribution in [1.29, 1.82) is 0 Å². The Morgan fingerprint density at radius 3 is 1.84 bits per heavy atom. The zero-order valence-electron chi connectivity index (χ0n) is 10.6. The van der Waals surface area contributed by atoms with Crippen molar-refractivity contribution in [3.8, 4) is 17.2 Å². The van der Waals surface area contributed by atoms with E-state index in [1.54, 1.807) is 30.4 Å². The molecule has 0 unspecified atom stereocenters. The lowest BCUT2D eigenvalue weighted by Crippen LogP contribution is -2.04. The SMILES string of the molecule is C=CCOc1cc(OCC=C)cc(OC(=O)C=C)c1. The fourth-order valence-electron chi connectivity index (χ4n) is 1.24. The molecule has 1 aromatic rings. The van der Waals surface area contributed by atoms with E-state index in [-0.39, 0.29) is 0 Å². The summed E-state index contributed by atoms with van der Waals surface area (Å²) in [5, 5.41) is 0. The first-order chi connectivity index (χ1) is 9.19. The van der Waals surface area contributed by atoms with Crippen molar-refractivity contribution >= 4 is 5.97 Å². The quantitative estimate of drug-likeness (QED) is 0.312. The second kappa shape index (κ2) is 7.76. The molecule has 0 aliphatic rings. The third-order valence-corrected chi connectivity index (χ3v) is 1.97. The maximum absolute atomic E-state index is 11.2. The first kappa shape index (κ1) is 14.6. The van der Waals surface area contributed by atoms with E-state index in [2.05, 4.69) is 19.7 Å². The summed E-state index contributed by atoms with van der Waals surface area (Å²) in [5.74, 6) is 0.822. The van der Waals surface area contributed by atoms with Crippen molar-refractivity contribution in [3.63, 3.8) is 0 Å². The molecule has 0 saturated heterocycles. The molecule has 0 saturated carbocycles. The summed E-state index contributed by atoms with van der Waals surface area (Å²) in [6.07, 6.45) is 4.32. The third kappa shape index (κ3) is 5.12. The van der Waals surface area contributed by atoms with Gasteiger partial charge in [0, 0.05) is 24.3 Å². The van der Waals surface area contributed by atoms with Gasteiger partial charge in [-0.3, -0.25) is 0 Å². The Morgan fingerprint density at radius 2 is 1.42 bits per heavy atom. The van der Waals surface area contributed by atoms with Crippen LogP contribution in [0.2, 0.25) is 0 Å². The normalized spacial score (nSPS) is 9.26. The van der Waals surface area contributed by atoms with Crippen molar-refractivity contribution in [2.75, 3.05) is 13.2 Å². The predicted molar refractivity (Wildman–Crippen MR) is 73.7 cm³/mol. The Bertz CT molecular complexity index is 447. The molecule has 0 bridgehead atoms. The number of esters is 1. The van der Waals surface area contributed by atoms with E-state index in [4.69, 9.17) is 14.2 Å². The standard InChI is InChI=1S/C15H16O4/c1-4-7-17-12-9-13(18-8-5-2)11-14(10-12)19-15(16)6-3/h4-6,9-11H,1-3,7-8H2. The molecule has 0 aliphatic heterocycles. The van der Waals surface area contributed by atoms with Crippen LogP contribution in [-0.4, -0.2) is 19.2 Å². The Labute approximate surface area is 112 Å². The Balaban J connectivity index is 2.93. The van der Waals surface area contributed by atoms with Crippen LogP contribution in [0.5, 0.6) is 17.2 Å². The van der Waals surface area contributed by atoms with Gasteiger partial charge in [0.15, 0.2) is 0 Å². The first-order valence-electron chi connectivity index (χ1n) is 5.66. The molecule has 0 aliphatic carbocycles. The van der Waals surface area contributed by atoms with Gasteiger partial charge in [-0.25, -0.2) is 4.79 Å². The van der Waals surface area contributed by atoms with E-state index in [0.717, 1.165) is 6.08 Å². The first-order valence-corrected chi connectivity index (χ1v) is 5.66. The van der Waals surface area contributed by atoms with Crippen LogP contribution in [0.25, 0.3) is 0 Å². The van der Waals surface area contributed by atoms with Crippen LogP contribution in [0, 0.1) is 0 Å². The number of carbonyl (C=O) groups is 1. The van der Waals surface area contributed by atoms with Gasteiger partial charge in [-0.1, -0.05) is 31.9 Å². The minimum Gasteiger partial charge on any atom is -0.489 e. The van der Waals surface area contributed by atoms with Gasteiger partial charge in [0.05, 0.1) is 0 Å². The van der Waals surface area contributed by atoms with Crippen molar-refractivity contribution in [3.05, 3.63) is 56.2 Å². The number of benzene rings is 1. The van der Waals surface area contributed by atoms with Crippen molar-refractivity contribution in [2.24, 2.45) is 0 Å². The van der Waals surface area contributed by atoms with Crippen LogP contribution in [0.15, 0.2) is 56.2 Å². The highest BCUT2D eigenvalue weighted by molar-refractivity contribution is 5.83. The van der Waals surface area contributed by atoms with Gasteiger partial charge in [-0.15, -0.1) is 0 Å². The molecule has 0 aromatic heterocycles. The lowest BCUT2D eigenvalue weighted by molar-refractivity contribution is -0.128. The van der Waals surface area contributed by atoms with Crippen LogP contribution in [0.3, 0.4) is 0 Å². The maximum Gasteiger partial charge on any atom is 0.335 e. The van der Waals surface area contributed by atoms with Crippen molar-refractivity contribution < 1.29 is 19.0 Å². The zero-order chi connectivity index (χ0) is 14.1. The second-order valence-electron chi connectivity index (χ2n) is 3.46. The molecule has 0 fully saturated rings. The number of hydrogen-bond acceptors (Lipinski definition) is 4. The van der Waals surface area contributed by atoms with E-state index < -0.39 is 5.97 Å². The lowest BCUT2D eigenvalue weighted by atomic mass is 10.3. The predicted octanol–water partition coefficient (Wildman–Crippen LogP) is 2.91. The molecule has 1 aromatic carbocycles. The third-order valence-electron chi connectivity index (χ3n) is 1.97. The average Bonchev–Trinajstić information content (AvgIpc) is 2.42. The van der Waals surface area contributed by atoms with Gasteiger partial charge in [-0.05, 0) is 0 Å². The summed E-state index contributed by atoms with van der Waals surface area (Å²) >= 11 is 0. The fourth-order valence-corrected chi connectivity index (χ4v) is 1.24. The van der Waals surface area contributed by atoms with E-state index in [1.807, 2.05) is 0 Å². The van der Waals surface area contributed by atoms with Gasteiger partial charge < -0.3 is 14.2 Å². The number of rotatable bonds is 8. The molecule has 1 rings (SSSR count). The van der Waals surface area contributed by atoms with E-state index >= 15 is 0 Å². The summed E-state index contributed by atoms with van der Waals surface area (Å²) < 4.78 is 15.8. The molecule has 4 nitrogen and oxygen atoms in total. The highest BCUT2D eigenvalue weighted by Crippen LogP contribution is 2.28. The largest absolute Gasteiger partial charge is 0.489 e. The summed E-state index contributed by atoms with van der Waals surface area (Å²) in [5.41, 5.74) is 0. The van der Waals surface area contributed by atoms with Crippen LogP contribution in [0.1, 0.15) is 0 Å². The smallest absolute Gasteiger partial charge is 0.335 e. The molecule has 19 heavy (non-hydrogen) atoms. The molecule has 0 radical (unpaired) electrons. The van der Waals surface area contributed by atoms with Crippen LogP contribution in [-0.2, 0) is 4.79 Å². The van der Waals surface area contributed by atoms with Crippen LogP contribution in [0.4, 0.5) is 0 Å². The fraction of sp³-hybridized carbons (Fsp3) is 0.133. The molecule has 0 spiro atoms. The highest BCUT2D eigenvalue weighted by atomic mass is 16.5. The van der Waals surface area contributed by atoms with Gasteiger partial charge in [0.1, 0.15) is 30.5 Å². The molecule has 0 N–H and O–H groups in total. The summed E-state index contributed by atoms with van der Waals surface area (Å²) in [7, 11) is 0. The Kier molecular flexibility index (Phi) is 5.95. The minimum atomic E-state index is -0.546. The minimum absolute atomic E-state index is 0.325. The van der Waals surface area contributed by atoms with Gasteiger partial charge in [0.25, 0.3) is 0 Å². The molecule has 0 amide bonds. The molecule has 0 heterocycles. The maximum atomic E-state index is 11.2. The zero-order valence-corrected chi connectivity index (χ0v) is 10.6. The monoisotopic (exact) mass is 260 g/mol. The highest BCUT2D eigenvalue weighted by Gasteiger charge is 2.06. The topological polar surface area (TPSA) is 44.8 Å². The molecule has 100 valence electrons. The Hall–Kier alpha value is -2.49. The van der Waals surface area contributed by atoms with Crippen LogP contribution >= 0.6 is 0 Å². The van der Waals surface area contributed by atoms with Crippen LogP contribution < -0.4 is 14.2 Å². The van der Waals surface area contributed by atoms with E-state index in [9.17, 15) is 4.79 Å². The lowest BCUT2D eigenvalue weighted by Gasteiger charge is -2.10. The number of carbonyl (C=O) groups excluding carboxylic acids is 1. The van der Waals surface area contributed by atoms with Gasteiger partial charge in [0.2, 0.25) is 0 Å². The van der Waals surface area contributed by atoms with Gasteiger partial charge >= 0.3 is 5.97 Å². The molecule has 0 atom stereocenters. The average molecular weight is 260 g/mol. The Morgan fingerprint density at radius 1 is 0.947 bits per heavy atom. The number of ether oxygens (including phenoxy) is 3. The number of hydrogen-bond donors (Lipinski definition) is 0. The second-order valence-corrected chi connectivity index (χ2v) is 3.46. The van der Waals surface area contributed by atoms with Crippen molar-refractivity contribution in [2.45, 2.75) is 0 Å². The summed E-state index contributed by atoms with van der Waals surface area (Å²) in [4.78, 5) is 11.2. The summed E-state index contributed by atoms with van der Waals surface area (Å²) in [6, 6.07) is 4.87. The van der Waals surface area contributed by atoms with Crippen molar-refractivity contribution in [1.82, 2.24) is 0 Å². The van der Waals surface area contributed by atoms with Gasteiger partial charge in [-0.2, -0.15) is 0 Å². The molecular formula is C15H16O4. The molecule has 4 heteroatoms. The summed E-state index contributed by atoms with van der Waals surface area (Å²) in [6.45, 7) is 11.2.